The molecular formula is C5H11F2NO. The third-order valence-corrected chi connectivity index (χ3v) is 0.839. The topological polar surface area (TPSA) is 35.2 Å². The van der Waals surface area contributed by atoms with Gasteiger partial charge < -0.3 is 10.5 Å². The second-order valence-electron chi connectivity index (χ2n) is 1.77. The van der Waals surface area contributed by atoms with E-state index in [1.54, 1.807) is 6.92 Å². The first kappa shape index (κ1) is 8.78. The van der Waals surface area contributed by atoms with Crippen molar-refractivity contribution in [3.05, 3.63) is 0 Å². The molecule has 2 N–H and O–H groups in total. The van der Waals surface area contributed by atoms with Gasteiger partial charge in [-0.15, -0.1) is 0 Å². The van der Waals surface area contributed by atoms with Crippen LogP contribution in [0.15, 0.2) is 0 Å². The Bertz CT molecular complexity index is 70.0. The van der Waals surface area contributed by atoms with E-state index in [0.29, 0.717) is 0 Å². The molecule has 2 nitrogen and oxygen atoms in total. The first-order valence-corrected chi connectivity index (χ1v) is 2.76. The first-order valence-electron chi connectivity index (χ1n) is 2.76. The average molecular weight is 139 g/mol. The fourth-order valence-electron chi connectivity index (χ4n) is 0.305. The maximum Gasteiger partial charge on any atom is 0.261 e. The molecule has 1 unspecified atom stereocenters. The Morgan fingerprint density at radius 3 is 2.44 bits per heavy atom. The van der Waals surface area contributed by atoms with Crippen LogP contribution >= 0.6 is 0 Å². The molecule has 56 valence electrons. The van der Waals surface area contributed by atoms with Crippen LogP contribution in [-0.4, -0.2) is 25.7 Å². The van der Waals surface area contributed by atoms with Crippen LogP contribution in [-0.2, 0) is 4.74 Å². The molecule has 0 bridgehead atoms. The summed E-state index contributed by atoms with van der Waals surface area (Å²) in [5, 5.41) is 0. The van der Waals surface area contributed by atoms with Gasteiger partial charge in [-0.25, -0.2) is 8.78 Å². The second-order valence-corrected chi connectivity index (χ2v) is 1.77. The molecule has 0 rings (SSSR count). The third kappa shape index (κ3) is 5.65. The van der Waals surface area contributed by atoms with Crippen LogP contribution in [0.4, 0.5) is 8.78 Å². The van der Waals surface area contributed by atoms with Crippen LogP contribution < -0.4 is 5.73 Å². The molecule has 0 aliphatic carbocycles. The molecule has 0 spiro atoms. The van der Waals surface area contributed by atoms with Crippen LogP contribution in [0.3, 0.4) is 0 Å². The van der Waals surface area contributed by atoms with Gasteiger partial charge in [0.25, 0.3) is 6.43 Å². The average Bonchev–Trinajstić information content (AvgIpc) is 1.83. The van der Waals surface area contributed by atoms with E-state index in [1.807, 2.05) is 0 Å². The molecule has 4 heteroatoms. The zero-order valence-corrected chi connectivity index (χ0v) is 5.31. The molecule has 0 heterocycles. The predicted molar refractivity (Wildman–Crippen MR) is 30.5 cm³/mol. The van der Waals surface area contributed by atoms with Crippen molar-refractivity contribution >= 4 is 0 Å². The van der Waals surface area contributed by atoms with E-state index >= 15 is 0 Å². The van der Waals surface area contributed by atoms with Crippen LogP contribution in [0.1, 0.15) is 6.92 Å². The number of rotatable bonds is 4. The number of hydrogen-bond acceptors (Lipinski definition) is 2. The Kier molecular flexibility index (Phi) is 4.53. The zero-order chi connectivity index (χ0) is 7.28. The summed E-state index contributed by atoms with van der Waals surface area (Å²) in [7, 11) is 0. The van der Waals surface area contributed by atoms with E-state index in [9.17, 15) is 8.78 Å². The minimum Gasteiger partial charge on any atom is -0.371 e. The van der Waals surface area contributed by atoms with Gasteiger partial charge in [0.2, 0.25) is 0 Å². The second kappa shape index (κ2) is 4.64. The lowest BCUT2D eigenvalue weighted by molar-refractivity contribution is -0.0136. The largest absolute Gasteiger partial charge is 0.371 e. The molecule has 0 aromatic carbocycles. The highest BCUT2D eigenvalue weighted by Gasteiger charge is 2.04. The van der Waals surface area contributed by atoms with Gasteiger partial charge in [0.05, 0.1) is 6.10 Å². The van der Waals surface area contributed by atoms with Crippen molar-refractivity contribution in [2.45, 2.75) is 19.5 Å². The summed E-state index contributed by atoms with van der Waals surface area (Å²) in [6.07, 6.45) is -2.65. The molecule has 0 fully saturated rings. The summed E-state index contributed by atoms with van der Waals surface area (Å²) in [5.74, 6) is 0. The Hall–Kier alpha value is -0.220. The van der Waals surface area contributed by atoms with E-state index in [1.165, 1.54) is 0 Å². The molecule has 0 aliphatic heterocycles. The molecule has 9 heavy (non-hydrogen) atoms. The quantitative estimate of drug-likeness (QED) is 0.619. The highest BCUT2D eigenvalue weighted by atomic mass is 19.3. The van der Waals surface area contributed by atoms with Gasteiger partial charge in [-0.05, 0) is 6.92 Å². The Morgan fingerprint density at radius 1 is 1.56 bits per heavy atom. The van der Waals surface area contributed by atoms with Crippen LogP contribution in [0.5, 0.6) is 0 Å². The lowest BCUT2D eigenvalue weighted by Gasteiger charge is -2.08. The lowest BCUT2D eigenvalue weighted by atomic mass is 10.4. The number of nitrogens with two attached hydrogens (primary N) is 1. The summed E-state index contributed by atoms with van der Waals surface area (Å²) in [5.41, 5.74) is 5.09. The van der Waals surface area contributed by atoms with Crippen LogP contribution in [0.2, 0.25) is 0 Å². The number of halogens is 2. The Labute approximate surface area is 53.0 Å². The SMILES string of the molecule is CC(CN)OCC(F)F. The summed E-state index contributed by atoms with van der Waals surface area (Å²) >= 11 is 0. The van der Waals surface area contributed by atoms with Gasteiger partial charge in [-0.2, -0.15) is 0 Å². The maximum atomic E-state index is 11.4. The molecular weight excluding hydrogens is 128 g/mol. The molecule has 0 aliphatic rings. The monoisotopic (exact) mass is 139 g/mol. The van der Waals surface area contributed by atoms with Gasteiger partial charge in [0.1, 0.15) is 6.61 Å². The predicted octanol–water partition coefficient (Wildman–Crippen LogP) is 0.615. The summed E-state index contributed by atoms with van der Waals surface area (Å²) in [6.45, 7) is 1.42. The van der Waals surface area contributed by atoms with Gasteiger partial charge in [-0.1, -0.05) is 0 Å². The summed E-state index contributed by atoms with van der Waals surface area (Å²) in [4.78, 5) is 0. The molecule has 0 aromatic rings. The van der Waals surface area contributed by atoms with Gasteiger partial charge in [0, 0.05) is 6.54 Å². The highest BCUT2D eigenvalue weighted by molar-refractivity contribution is 4.48. The normalized spacial score (nSPS) is 14.3. The van der Waals surface area contributed by atoms with Gasteiger partial charge in [0.15, 0.2) is 0 Å². The van der Waals surface area contributed by atoms with Crippen molar-refractivity contribution in [2.24, 2.45) is 5.73 Å². The highest BCUT2D eigenvalue weighted by Crippen LogP contribution is 1.95. The zero-order valence-electron chi connectivity index (χ0n) is 5.31. The van der Waals surface area contributed by atoms with E-state index in [2.05, 4.69) is 4.74 Å². The molecule has 0 saturated heterocycles. The van der Waals surface area contributed by atoms with E-state index in [-0.39, 0.29) is 12.6 Å². The van der Waals surface area contributed by atoms with Crippen LogP contribution in [0.25, 0.3) is 0 Å². The fraction of sp³-hybridized carbons (Fsp3) is 1.00. The van der Waals surface area contributed by atoms with Crippen molar-refractivity contribution < 1.29 is 13.5 Å². The van der Waals surface area contributed by atoms with Crippen LogP contribution in [0, 0.1) is 0 Å². The van der Waals surface area contributed by atoms with Gasteiger partial charge in [-0.3, -0.25) is 0 Å². The van der Waals surface area contributed by atoms with Crippen molar-refractivity contribution in [1.82, 2.24) is 0 Å². The van der Waals surface area contributed by atoms with Crippen molar-refractivity contribution in [1.29, 1.82) is 0 Å². The third-order valence-electron chi connectivity index (χ3n) is 0.839. The molecule has 0 amide bonds. The molecule has 0 saturated carbocycles. The number of ether oxygens (including phenoxy) is 1. The maximum absolute atomic E-state index is 11.4. The van der Waals surface area contributed by atoms with E-state index < -0.39 is 13.0 Å². The standard InChI is InChI=1S/C5H11F2NO/c1-4(2-8)9-3-5(6)7/h4-5H,2-3,8H2,1H3. The minimum atomic E-state index is -2.39. The Balaban J connectivity index is 3.06. The fourth-order valence-corrected chi connectivity index (χ4v) is 0.305. The Morgan fingerprint density at radius 2 is 2.11 bits per heavy atom. The minimum absolute atomic E-state index is 0.265. The lowest BCUT2D eigenvalue weighted by Crippen LogP contribution is -2.22. The van der Waals surface area contributed by atoms with E-state index in [4.69, 9.17) is 5.73 Å². The van der Waals surface area contributed by atoms with Crippen molar-refractivity contribution in [2.75, 3.05) is 13.2 Å². The molecule has 0 aromatic heterocycles. The van der Waals surface area contributed by atoms with Crippen molar-refractivity contribution in [3.8, 4) is 0 Å². The molecule has 0 radical (unpaired) electrons. The number of hydrogen-bond donors (Lipinski definition) is 1. The van der Waals surface area contributed by atoms with Crippen molar-refractivity contribution in [3.63, 3.8) is 0 Å². The smallest absolute Gasteiger partial charge is 0.261 e. The first-order chi connectivity index (χ1) is 4.16. The summed E-state index contributed by atoms with van der Waals surface area (Å²) < 4.78 is 27.3. The summed E-state index contributed by atoms with van der Waals surface area (Å²) in [6, 6.07) is 0. The number of alkyl halides is 2. The van der Waals surface area contributed by atoms with E-state index in [0.717, 1.165) is 0 Å². The van der Waals surface area contributed by atoms with Gasteiger partial charge >= 0.3 is 0 Å². The molecule has 1 atom stereocenters.